The number of carbonyl (C=O) groups is 1. The molecule has 102 valence electrons. The Labute approximate surface area is 122 Å². The van der Waals surface area contributed by atoms with E-state index in [4.69, 9.17) is 11.6 Å². The van der Waals surface area contributed by atoms with Gasteiger partial charge in [-0.15, -0.1) is 0 Å². The number of hydrogen-bond acceptors (Lipinski definition) is 2. The molecule has 20 heavy (non-hydrogen) atoms. The third kappa shape index (κ3) is 2.83. The fraction of sp³-hybridized carbons (Fsp3) is 0.250. The third-order valence-corrected chi connectivity index (χ3v) is 3.72. The van der Waals surface area contributed by atoms with E-state index >= 15 is 0 Å². The normalized spacial score (nSPS) is 17.6. The SMILES string of the molecule is O=C(CC1C=CCC1)Nc1cc(Cl)cc2cccnc12. The minimum atomic E-state index is 0.00997. The molecule has 3 rings (SSSR count). The van der Waals surface area contributed by atoms with Gasteiger partial charge in [0.1, 0.15) is 0 Å². The molecule has 1 unspecified atom stereocenters. The fourth-order valence-electron chi connectivity index (χ4n) is 2.56. The number of hydrogen-bond donors (Lipinski definition) is 1. The van der Waals surface area contributed by atoms with Crippen molar-refractivity contribution >= 4 is 34.1 Å². The summed E-state index contributed by atoms with van der Waals surface area (Å²) in [7, 11) is 0. The largest absolute Gasteiger partial charge is 0.324 e. The van der Waals surface area contributed by atoms with Gasteiger partial charge in [0.25, 0.3) is 0 Å². The molecule has 3 nitrogen and oxygen atoms in total. The first kappa shape index (κ1) is 13.1. The number of anilines is 1. The lowest BCUT2D eigenvalue weighted by atomic mass is 10.0. The molecule has 4 heteroatoms. The molecule has 1 heterocycles. The van der Waals surface area contributed by atoms with Crippen molar-refractivity contribution in [1.82, 2.24) is 4.98 Å². The number of pyridine rings is 1. The first-order valence-corrected chi connectivity index (χ1v) is 7.11. The van der Waals surface area contributed by atoms with Crippen LogP contribution in [0.4, 0.5) is 5.69 Å². The molecule has 1 atom stereocenters. The molecule has 0 saturated heterocycles. The summed E-state index contributed by atoms with van der Waals surface area (Å²) in [5.41, 5.74) is 1.45. The summed E-state index contributed by atoms with van der Waals surface area (Å²) in [6, 6.07) is 7.38. The number of benzene rings is 1. The monoisotopic (exact) mass is 286 g/mol. The van der Waals surface area contributed by atoms with Crippen molar-refractivity contribution in [1.29, 1.82) is 0 Å². The van der Waals surface area contributed by atoms with E-state index in [0.717, 1.165) is 23.7 Å². The Hall–Kier alpha value is -1.87. The lowest BCUT2D eigenvalue weighted by Gasteiger charge is -2.11. The smallest absolute Gasteiger partial charge is 0.225 e. The maximum absolute atomic E-state index is 12.1. The van der Waals surface area contributed by atoms with Crippen LogP contribution in [0.2, 0.25) is 5.02 Å². The first-order chi connectivity index (χ1) is 9.72. The number of fused-ring (bicyclic) bond motifs is 1. The molecule has 1 aliphatic carbocycles. The summed E-state index contributed by atoms with van der Waals surface area (Å²) in [5, 5.41) is 4.46. The van der Waals surface area contributed by atoms with Crippen molar-refractivity contribution in [2.45, 2.75) is 19.3 Å². The van der Waals surface area contributed by atoms with Crippen molar-refractivity contribution < 1.29 is 4.79 Å². The predicted molar refractivity (Wildman–Crippen MR) is 81.9 cm³/mol. The number of aromatic nitrogens is 1. The van der Waals surface area contributed by atoms with Crippen LogP contribution in [0.25, 0.3) is 10.9 Å². The molecule has 0 fully saturated rings. The zero-order valence-electron chi connectivity index (χ0n) is 11.0. The summed E-state index contributed by atoms with van der Waals surface area (Å²) in [6.45, 7) is 0. The second-order valence-electron chi connectivity index (χ2n) is 5.05. The zero-order chi connectivity index (χ0) is 13.9. The average Bonchev–Trinajstić information content (AvgIpc) is 2.91. The van der Waals surface area contributed by atoms with Crippen LogP contribution >= 0.6 is 11.6 Å². The number of amides is 1. The first-order valence-electron chi connectivity index (χ1n) is 6.73. The maximum atomic E-state index is 12.1. The van der Waals surface area contributed by atoms with E-state index in [1.54, 1.807) is 12.3 Å². The number of rotatable bonds is 3. The van der Waals surface area contributed by atoms with Gasteiger partial charge in [0.2, 0.25) is 5.91 Å². The molecular weight excluding hydrogens is 272 g/mol. The van der Waals surface area contributed by atoms with Crippen molar-refractivity contribution in [2.75, 3.05) is 5.32 Å². The fourth-order valence-corrected chi connectivity index (χ4v) is 2.78. The van der Waals surface area contributed by atoms with Crippen molar-refractivity contribution in [3.8, 4) is 0 Å². The van der Waals surface area contributed by atoms with Crippen molar-refractivity contribution in [2.24, 2.45) is 5.92 Å². The van der Waals surface area contributed by atoms with Crippen molar-refractivity contribution in [3.63, 3.8) is 0 Å². The molecule has 1 aromatic heterocycles. The molecule has 1 aromatic carbocycles. The van der Waals surface area contributed by atoms with Crippen LogP contribution < -0.4 is 5.32 Å². The number of allylic oxidation sites excluding steroid dienone is 2. The van der Waals surface area contributed by atoms with Crippen LogP contribution in [0.3, 0.4) is 0 Å². The highest BCUT2D eigenvalue weighted by molar-refractivity contribution is 6.32. The topological polar surface area (TPSA) is 42.0 Å². The quantitative estimate of drug-likeness (QED) is 0.860. The summed E-state index contributed by atoms with van der Waals surface area (Å²) in [6.07, 6.45) is 8.60. The van der Waals surface area contributed by atoms with Crippen molar-refractivity contribution in [3.05, 3.63) is 47.6 Å². The van der Waals surface area contributed by atoms with Gasteiger partial charge in [-0.2, -0.15) is 0 Å². The van der Waals surface area contributed by atoms with Crippen LogP contribution in [0, 0.1) is 5.92 Å². The lowest BCUT2D eigenvalue weighted by molar-refractivity contribution is -0.116. The number of nitrogens with zero attached hydrogens (tertiary/aromatic N) is 1. The molecule has 0 aliphatic heterocycles. The van der Waals surface area contributed by atoms with Gasteiger partial charge in [-0.1, -0.05) is 29.8 Å². The number of carbonyl (C=O) groups excluding carboxylic acids is 1. The highest BCUT2D eigenvalue weighted by Gasteiger charge is 2.15. The molecule has 1 aliphatic rings. The van der Waals surface area contributed by atoms with Crippen LogP contribution in [-0.4, -0.2) is 10.9 Å². The second kappa shape index (κ2) is 5.63. The summed E-state index contributed by atoms with van der Waals surface area (Å²) in [4.78, 5) is 16.4. The Morgan fingerprint density at radius 3 is 3.15 bits per heavy atom. The van der Waals surface area contributed by atoms with Gasteiger partial charge in [-0.3, -0.25) is 9.78 Å². The summed E-state index contributed by atoms with van der Waals surface area (Å²) < 4.78 is 0. The van der Waals surface area contributed by atoms with Gasteiger partial charge < -0.3 is 5.32 Å². The Kier molecular flexibility index (Phi) is 3.70. The molecule has 1 N–H and O–H groups in total. The van der Waals surface area contributed by atoms with Gasteiger partial charge in [0.05, 0.1) is 11.2 Å². The highest BCUT2D eigenvalue weighted by Crippen LogP contribution is 2.27. The molecule has 0 spiro atoms. The van der Waals surface area contributed by atoms with E-state index < -0.39 is 0 Å². The molecule has 0 saturated carbocycles. The maximum Gasteiger partial charge on any atom is 0.225 e. The molecule has 1 amide bonds. The van der Waals surface area contributed by atoms with Gasteiger partial charge in [-0.05, 0) is 37.0 Å². The predicted octanol–water partition coefficient (Wildman–Crippen LogP) is 4.18. The standard InChI is InChI=1S/C16H15ClN2O/c17-13-9-12-6-3-7-18-16(12)14(10-13)19-15(20)8-11-4-1-2-5-11/h1,3-4,6-7,9-11H,2,5,8H2,(H,19,20). The van der Waals surface area contributed by atoms with E-state index in [1.165, 1.54) is 0 Å². The average molecular weight is 287 g/mol. The summed E-state index contributed by atoms with van der Waals surface area (Å²) >= 11 is 6.09. The van der Waals surface area contributed by atoms with Gasteiger partial charge in [0.15, 0.2) is 0 Å². The number of halogens is 1. The minimum Gasteiger partial charge on any atom is -0.324 e. The van der Waals surface area contributed by atoms with E-state index in [0.29, 0.717) is 23.0 Å². The lowest BCUT2D eigenvalue weighted by Crippen LogP contribution is -2.15. The Morgan fingerprint density at radius 2 is 2.35 bits per heavy atom. The van der Waals surface area contributed by atoms with Gasteiger partial charge >= 0.3 is 0 Å². The van der Waals surface area contributed by atoms with Crippen LogP contribution in [0.15, 0.2) is 42.6 Å². The van der Waals surface area contributed by atoms with E-state index in [1.807, 2.05) is 18.2 Å². The van der Waals surface area contributed by atoms with Gasteiger partial charge in [-0.25, -0.2) is 0 Å². The zero-order valence-corrected chi connectivity index (χ0v) is 11.7. The third-order valence-electron chi connectivity index (χ3n) is 3.50. The van der Waals surface area contributed by atoms with Gasteiger partial charge in [0, 0.05) is 23.0 Å². The summed E-state index contributed by atoms with van der Waals surface area (Å²) in [5.74, 6) is 0.365. The highest BCUT2D eigenvalue weighted by atomic mass is 35.5. The van der Waals surface area contributed by atoms with Crippen LogP contribution in [0.1, 0.15) is 19.3 Å². The van der Waals surface area contributed by atoms with Crippen LogP contribution in [-0.2, 0) is 4.79 Å². The molecule has 2 aromatic rings. The van der Waals surface area contributed by atoms with E-state index in [2.05, 4.69) is 22.5 Å². The Morgan fingerprint density at radius 1 is 1.45 bits per heavy atom. The molecule has 0 bridgehead atoms. The molecular formula is C16H15ClN2O. The van der Waals surface area contributed by atoms with E-state index in [-0.39, 0.29) is 5.91 Å². The Balaban J connectivity index is 1.82. The van der Waals surface area contributed by atoms with E-state index in [9.17, 15) is 4.79 Å². The Bertz CT molecular complexity index is 681. The molecule has 0 radical (unpaired) electrons. The second-order valence-corrected chi connectivity index (χ2v) is 5.48. The van der Waals surface area contributed by atoms with Crippen LogP contribution in [0.5, 0.6) is 0 Å². The minimum absolute atomic E-state index is 0.00997. The number of nitrogens with one attached hydrogen (secondary N) is 1.